The van der Waals surface area contributed by atoms with Crippen LogP contribution in [0.3, 0.4) is 0 Å². The maximum atomic E-state index is 11.7. The Hall–Kier alpha value is -1.42. The zero-order valence-corrected chi connectivity index (χ0v) is 11.8. The molecule has 104 valence electrons. The number of benzene rings is 1. The van der Waals surface area contributed by atoms with Crippen LogP contribution in [-0.2, 0) is 9.53 Å². The van der Waals surface area contributed by atoms with E-state index in [1.54, 1.807) is 6.07 Å². The summed E-state index contributed by atoms with van der Waals surface area (Å²) in [6.45, 7) is 3.88. The third-order valence-electron chi connectivity index (χ3n) is 3.45. The first kappa shape index (κ1) is 14.0. The monoisotopic (exact) mass is 282 g/mol. The number of rotatable bonds is 3. The fraction of sp³-hybridized carbons (Fsp3) is 0.500. The molecule has 0 saturated carbocycles. The minimum absolute atomic E-state index is 0.0107. The van der Waals surface area contributed by atoms with Gasteiger partial charge in [0.05, 0.1) is 23.9 Å². The number of hydrogen-bond donors (Lipinski definition) is 1. The summed E-state index contributed by atoms with van der Waals surface area (Å²) >= 11 is 6.00. The predicted molar refractivity (Wildman–Crippen MR) is 77.4 cm³/mol. The molecule has 19 heavy (non-hydrogen) atoms. The molecule has 1 aromatic rings. The van der Waals surface area contributed by atoms with Gasteiger partial charge in [0, 0.05) is 18.1 Å². The quantitative estimate of drug-likeness (QED) is 0.684. The second-order valence-electron chi connectivity index (χ2n) is 4.72. The third kappa shape index (κ3) is 3.32. The molecule has 1 aliphatic heterocycles. The van der Waals surface area contributed by atoms with Gasteiger partial charge in [-0.15, -0.1) is 0 Å². The molecular formula is C14H19ClN2O2. The predicted octanol–water partition coefficient (Wildman–Crippen LogP) is 2.70. The van der Waals surface area contributed by atoms with E-state index in [-0.39, 0.29) is 11.9 Å². The molecule has 2 rings (SSSR count). The molecule has 1 aliphatic rings. The van der Waals surface area contributed by atoms with Gasteiger partial charge < -0.3 is 15.4 Å². The molecule has 0 unspecified atom stereocenters. The highest BCUT2D eigenvalue weighted by atomic mass is 35.5. The fourth-order valence-corrected chi connectivity index (χ4v) is 2.57. The summed E-state index contributed by atoms with van der Waals surface area (Å²) in [6, 6.07) is 5.47. The molecular weight excluding hydrogens is 264 g/mol. The van der Waals surface area contributed by atoms with Gasteiger partial charge in [-0.05, 0) is 38.0 Å². The van der Waals surface area contributed by atoms with E-state index in [0.29, 0.717) is 11.6 Å². The minimum Gasteiger partial charge on any atom is -0.466 e. The van der Waals surface area contributed by atoms with Crippen molar-refractivity contribution in [3.8, 4) is 0 Å². The van der Waals surface area contributed by atoms with Crippen molar-refractivity contribution in [3.63, 3.8) is 0 Å². The molecule has 0 aromatic heterocycles. The smallest absolute Gasteiger partial charge is 0.309 e. The third-order valence-corrected chi connectivity index (χ3v) is 3.68. The molecule has 1 heterocycles. The van der Waals surface area contributed by atoms with Crippen LogP contribution in [0.15, 0.2) is 18.2 Å². The molecule has 5 heteroatoms. The van der Waals surface area contributed by atoms with Crippen LogP contribution in [0, 0.1) is 5.92 Å². The van der Waals surface area contributed by atoms with Crippen LogP contribution in [0.4, 0.5) is 11.4 Å². The van der Waals surface area contributed by atoms with Crippen LogP contribution < -0.4 is 10.6 Å². The number of anilines is 2. The number of nitrogens with two attached hydrogens (primary N) is 1. The van der Waals surface area contributed by atoms with E-state index >= 15 is 0 Å². The molecule has 1 aromatic carbocycles. The van der Waals surface area contributed by atoms with Gasteiger partial charge in [-0.25, -0.2) is 0 Å². The van der Waals surface area contributed by atoms with Crippen molar-refractivity contribution in [2.75, 3.05) is 30.3 Å². The SMILES string of the molecule is CCOC(=O)C1CCN(c2cc(Cl)ccc2N)CC1. The molecule has 0 atom stereocenters. The Labute approximate surface area is 118 Å². The summed E-state index contributed by atoms with van der Waals surface area (Å²) in [5, 5.41) is 0.678. The van der Waals surface area contributed by atoms with Crippen molar-refractivity contribution in [1.29, 1.82) is 0 Å². The highest BCUT2D eigenvalue weighted by Crippen LogP contribution is 2.30. The largest absolute Gasteiger partial charge is 0.466 e. The normalized spacial score (nSPS) is 16.4. The van der Waals surface area contributed by atoms with E-state index in [4.69, 9.17) is 22.1 Å². The fourth-order valence-electron chi connectivity index (χ4n) is 2.41. The van der Waals surface area contributed by atoms with Gasteiger partial charge in [0.1, 0.15) is 0 Å². The first-order valence-corrected chi connectivity index (χ1v) is 6.96. The van der Waals surface area contributed by atoms with Crippen LogP contribution in [0.2, 0.25) is 5.02 Å². The number of ether oxygens (including phenoxy) is 1. The number of carbonyl (C=O) groups excluding carboxylic acids is 1. The van der Waals surface area contributed by atoms with Crippen molar-refractivity contribution in [1.82, 2.24) is 0 Å². The molecule has 1 saturated heterocycles. The maximum Gasteiger partial charge on any atom is 0.309 e. The molecule has 0 radical (unpaired) electrons. The number of nitrogens with zero attached hydrogens (tertiary/aromatic N) is 1. The zero-order valence-electron chi connectivity index (χ0n) is 11.1. The standard InChI is InChI=1S/C14H19ClN2O2/c1-2-19-14(18)10-5-7-17(8-6-10)13-9-11(15)3-4-12(13)16/h3-4,9-10H,2,5-8,16H2,1H3. The van der Waals surface area contributed by atoms with E-state index in [1.807, 2.05) is 19.1 Å². The topological polar surface area (TPSA) is 55.6 Å². The van der Waals surface area contributed by atoms with E-state index < -0.39 is 0 Å². The molecule has 1 fully saturated rings. The van der Waals surface area contributed by atoms with Crippen LogP contribution in [0.1, 0.15) is 19.8 Å². The minimum atomic E-state index is -0.0822. The number of hydrogen-bond acceptors (Lipinski definition) is 4. The molecule has 0 spiro atoms. The number of piperidine rings is 1. The number of esters is 1. The van der Waals surface area contributed by atoms with E-state index in [0.717, 1.165) is 37.3 Å². The Kier molecular flexibility index (Phi) is 4.53. The maximum absolute atomic E-state index is 11.7. The van der Waals surface area contributed by atoms with E-state index in [9.17, 15) is 4.79 Å². The average Bonchev–Trinajstić information content (AvgIpc) is 2.42. The Morgan fingerprint density at radius 3 is 2.79 bits per heavy atom. The summed E-state index contributed by atoms with van der Waals surface area (Å²) in [4.78, 5) is 13.9. The first-order chi connectivity index (χ1) is 9.11. The van der Waals surface area contributed by atoms with Crippen LogP contribution >= 0.6 is 11.6 Å². The lowest BCUT2D eigenvalue weighted by atomic mass is 9.96. The van der Waals surface area contributed by atoms with Gasteiger partial charge in [-0.3, -0.25) is 4.79 Å². The van der Waals surface area contributed by atoms with Crippen LogP contribution in [0.25, 0.3) is 0 Å². The van der Waals surface area contributed by atoms with Gasteiger partial charge in [0.2, 0.25) is 0 Å². The van der Waals surface area contributed by atoms with Crippen molar-refractivity contribution < 1.29 is 9.53 Å². The van der Waals surface area contributed by atoms with Crippen LogP contribution in [-0.4, -0.2) is 25.7 Å². The number of halogens is 1. The second kappa shape index (κ2) is 6.15. The summed E-state index contributed by atoms with van der Waals surface area (Å²) < 4.78 is 5.06. The molecule has 2 N–H and O–H groups in total. The Bertz CT molecular complexity index is 457. The Balaban J connectivity index is 2.00. The van der Waals surface area contributed by atoms with E-state index in [1.165, 1.54) is 0 Å². The lowest BCUT2D eigenvalue weighted by molar-refractivity contribution is -0.148. The lowest BCUT2D eigenvalue weighted by Crippen LogP contribution is -2.37. The highest BCUT2D eigenvalue weighted by molar-refractivity contribution is 6.31. The molecule has 4 nitrogen and oxygen atoms in total. The van der Waals surface area contributed by atoms with Crippen molar-refractivity contribution >= 4 is 28.9 Å². The van der Waals surface area contributed by atoms with Gasteiger partial charge in [0.15, 0.2) is 0 Å². The van der Waals surface area contributed by atoms with Gasteiger partial charge >= 0.3 is 5.97 Å². The lowest BCUT2D eigenvalue weighted by Gasteiger charge is -2.33. The molecule has 0 aliphatic carbocycles. The number of nitrogen functional groups attached to an aromatic ring is 1. The zero-order chi connectivity index (χ0) is 13.8. The summed E-state index contributed by atoms with van der Waals surface area (Å²) in [5.41, 5.74) is 7.65. The molecule has 0 amide bonds. The highest BCUT2D eigenvalue weighted by Gasteiger charge is 2.26. The molecule has 0 bridgehead atoms. The summed E-state index contributed by atoms with van der Waals surface area (Å²) in [5.74, 6) is -0.0715. The van der Waals surface area contributed by atoms with Gasteiger partial charge in [0.25, 0.3) is 0 Å². The van der Waals surface area contributed by atoms with Crippen molar-refractivity contribution in [2.24, 2.45) is 5.92 Å². The van der Waals surface area contributed by atoms with Gasteiger partial charge in [-0.1, -0.05) is 11.6 Å². The Morgan fingerprint density at radius 2 is 2.16 bits per heavy atom. The second-order valence-corrected chi connectivity index (χ2v) is 5.15. The first-order valence-electron chi connectivity index (χ1n) is 6.58. The van der Waals surface area contributed by atoms with Crippen molar-refractivity contribution in [3.05, 3.63) is 23.2 Å². The Morgan fingerprint density at radius 1 is 1.47 bits per heavy atom. The summed E-state index contributed by atoms with van der Waals surface area (Å²) in [7, 11) is 0. The number of carbonyl (C=O) groups is 1. The van der Waals surface area contributed by atoms with Gasteiger partial charge in [-0.2, -0.15) is 0 Å². The summed E-state index contributed by atoms with van der Waals surface area (Å²) in [6.07, 6.45) is 1.59. The van der Waals surface area contributed by atoms with E-state index in [2.05, 4.69) is 4.90 Å². The van der Waals surface area contributed by atoms with Crippen LogP contribution in [0.5, 0.6) is 0 Å². The average molecular weight is 283 g/mol. The van der Waals surface area contributed by atoms with Crippen molar-refractivity contribution in [2.45, 2.75) is 19.8 Å².